The van der Waals surface area contributed by atoms with Crippen LogP contribution in [0.4, 0.5) is 0 Å². The topological polar surface area (TPSA) is 93.7 Å². The van der Waals surface area contributed by atoms with E-state index in [1.54, 1.807) is 31.4 Å². The van der Waals surface area contributed by atoms with Crippen molar-refractivity contribution in [2.75, 3.05) is 13.7 Å². The maximum absolute atomic E-state index is 13.0. The molecule has 0 saturated carbocycles. The summed E-state index contributed by atoms with van der Waals surface area (Å²) in [6.45, 7) is 2.60. The van der Waals surface area contributed by atoms with E-state index in [1.165, 1.54) is 12.1 Å². The Morgan fingerprint density at radius 1 is 0.879 bits per heavy atom. The fraction of sp³-hybridized carbons (Fsp3) is 0.240. The minimum atomic E-state index is -3.93. The van der Waals surface area contributed by atoms with E-state index in [1.807, 2.05) is 49.4 Å². The third-order valence-electron chi connectivity index (χ3n) is 4.97. The molecule has 3 aromatic carbocycles. The number of carbonyl (C=O) groups is 1. The van der Waals surface area contributed by atoms with Crippen molar-refractivity contribution >= 4 is 15.9 Å². The molecular formula is C25H28N2O5S. The maximum Gasteiger partial charge on any atom is 0.241 e. The zero-order valence-electron chi connectivity index (χ0n) is 18.7. The van der Waals surface area contributed by atoms with Gasteiger partial charge in [0, 0.05) is 6.54 Å². The van der Waals surface area contributed by atoms with Gasteiger partial charge in [-0.25, -0.2) is 8.42 Å². The number of ether oxygens (including phenoxy) is 2. The summed E-state index contributed by atoms with van der Waals surface area (Å²) >= 11 is 0. The standard InChI is InChI=1S/C25H28N2O5S/c1-3-32-22-13-15-23(16-14-22)33(29,30)27-24(17-19-7-5-4-6-8-19)25(28)26-18-20-9-11-21(31-2)12-10-20/h4-16,24,27H,3,17-18H2,1-2H3,(H,26,28)/t24-/m0/s1. The monoisotopic (exact) mass is 468 g/mol. The molecule has 1 amide bonds. The van der Waals surface area contributed by atoms with Crippen LogP contribution in [0, 0.1) is 0 Å². The van der Waals surface area contributed by atoms with Crippen LogP contribution in [-0.2, 0) is 27.8 Å². The molecule has 0 radical (unpaired) electrons. The number of benzene rings is 3. The molecule has 0 unspecified atom stereocenters. The van der Waals surface area contributed by atoms with Crippen molar-refractivity contribution in [3.63, 3.8) is 0 Å². The van der Waals surface area contributed by atoms with Gasteiger partial charge in [0.2, 0.25) is 15.9 Å². The second kappa shape index (κ2) is 11.5. The van der Waals surface area contributed by atoms with Gasteiger partial charge in [-0.1, -0.05) is 42.5 Å². The van der Waals surface area contributed by atoms with Gasteiger partial charge in [-0.3, -0.25) is 4.79 Å². The summed E-state index contributed by atoms with van der Waals surface area (Å²) in [5.74, 6) is 0.883. The average molecular weight is 469 g/mol. The lowest BCUT2D eigenvalue weighted by molar-refractivity contribution is -0.122. The second-order valence-corrected chi connectivity index (χ2v) is 9.05. The first-order valence-corrected chi connectivity index (χ1v) is 12.1. The fourth-order valence-electron chi connectivity index (χ4n) is 3.23. The number of carbonyl (C=O) groups excluding carboxylic acids is 1. The Morgan fingerprint density at radius 2 is 1.52 bits per heavy atom. The summed E-state index contributed by atoms with van der Waals surface area (Å²) in [5.41, 5.74) is 1.72. The number of methoxy groups -OCH3 is 1. The summed E-state index contributed by atoms with van der Waals surface area (Å²) in [6, 6.07) is 21.7. The van der Waals surface area contributed by atoms with Gasteiger partial charge in [0.05, 0.1) is 18.6 Å². The quantitative estimate of drug-likeness (QED) is 0.450. The van der Waals surface area contributed by atoms with Gasteiger partial charge < -0.3 is 14.8 Å². The summed E-state index contributed by atoms with van der Waals surface area (Å²) in [4.78, 5) is 13.1. The third kappa shape index (κ3) is 7.06. The van der Waals surface area contributed by atoms with Crippen molar-refractivity contribution < 1.29 is 22.7 Å². The Bertz CT molecular complexity index is 1130. The zero-order valence-corrected chi connectivity index (χ0v) is 19.5. The summed E-state index contributed by atoms with van der Waals surface area (Å²) in [5, 5.41) is 2.83. The van der Waals surface area contributed by atoms with Crippen LogP contribution in [0.1, 0.15) is 18.1 Å². The molecule has 0 fully saturated rings. The van der Waals surface area contributed by atoms with Gasteiger partial charge in [0.1, 0.15) is 17.5 Å². The first-order chi connectivity index (χ1) is 15.9. The number of rotatable bonds is 11. The highest BCUT2D eigenvalue weighted by molar-refractivity contribution is 7.89. The zero-order chi connectivity index (χ0) is 23.7. The summed E-state index contributed by atoms with van der Waals surface area (Å²) in [7, 11) is -2.35. The van der Waals surface area contributed by atoms with Crippen LogP contribution in [0.25, 0.3) is 0 Å². The van der Waals surface area contributed by atoms with Crippen molar-refractivity contribution in [2.45, 2.75) is 30.8 Å². The van der Waals surface area contributed by atoms with Crippen LogP contribution < -0.4 is 19.5 Å². The number of hydrogen-bond acceptors (Lipinski definition) is 5. The number of amides is 1. The van der Waals surface area contributed by atoms with E-state index in [0.717, 1.165) is 16.9 Å². The molecule has 0 bridgehead atoms. The van der Waals surface area contributed by atoms with Crippen LogP contribution in [-0.4, -0.2) is 34.1 Å². The second-order valence-electron chi connectivity index (χ2n) is 7.33. The van der Waals surface area contributed by atoms with Crippen LogP contribution >= 0.6 is 0 Å². The Labute approximate surface area is 194 Å². The Hall–Kier alpha value is -3.36. The molecule has 0 aromatic heterocycles. The van der Waals surface area contributed by atoms with Gasteiger partial charge in [0.15, 0.2) is 0 Å². The van der Waals surface area contributed by atoms with Crippen LogP contribution in [0.2, 0.25) is 0 Å². The molecule has 1 atom stereocenters. The van der Waals surface area contributed by atoms with E-state index in [0.29, 0.717) is 12.4 Å². The van der Waals surface area contributed by atoms with Crippen LogP contribution in [0.5, 0.6) is 11.5 Å². The van der Waals surface area contributed by atoms with Crippen LogP contribution in [0.15, 0.2) is 83.8 Å². The minimum absolute atomic E-state index is 0.0620. The smallest absolute Gasteiger partial charge is 0.241 e. The molecule has 0 aliphatic rings. The molecule has 0 heterocycles. The van der Waals surface area contributed by atoms with Crippen molar-refractivity contribution in [3.05, 3.63) is 90.0 Å². The lowest BCUT2D eigenvalue weighted by atomic mass is 10.1. The van der Waals surface area contributed by atoms with E-state index in [-0.39, 0.29) is 17.9 Å². The predicted molar refractivity (Wildman–Crippen MR) is 127 cm³/mol. The van der Waals surface area contributed by atoms with E-state index in [4.69, 9.17) is 9.47 Å². The lowest BCUT2D eigenvalue weighted by Gasteiger charge is -2.19. The van der Waals surface area contributed by atoms with E-state index in [9.17, 15) is 13.2 Å². The van der Waals surface area contributed by atoms with Crippen molar-refractivity contribution in [2.24, 2.45) is 0 Å². The Morgan fingerprint density at radius 3 is 2.12 bits per heavy atom. The molecule has 33 heavy (non-hydrogen) atoms. The first-order valence-electron chi connectivity index (χ1n) is 10.6. The Balaban J connectivity index is 1.75. The fourth-order valence-corrected chi connectivity index (χ4v) is 4.43. The molecule has 3 rings (SSSR count). The highest BCUT2D eigenvalue weighted by Gasteiger charge is 2.26. The molecule has 0 saturated heterocycles. The SMILES string of the molecule is CCOc1ccc(S(=O)(=O)N[C@@H](Cc2ccccc2)C(=O)NCc2ccc(OC)cc2)cc1. The van der Waals surface area contributed by atoms with Gasteiger partial charge in [-0.2, -0.15) is 4.72 Å². The molecule has 8 heteroatoms. The summed E-state index contributed by atoms with van der Waals surface area (Å²) in [6.07, 6.45) is 0.214. The molecule has 3 aromatic rings. The molecule has 7 nitrogen and oxygen atoms in total. The molecule has 0 aliphatic carbocycles. The van der Waals surface area contributed by atoms with E-state index in [2.05, 4.69) is 10.0 Å². The average Bonchev–Trinajstić information content (AvgIpc) is 2.83. The van der Waals surface area contributed by atoms with Crippen molar-refractivity contribution in [3.8, 4) is 11.5 Å². The highest BCUT2D eigenvalue weighted by atomic mass is 32.2. The largest absolute Gasteiger partial charge is 0.497 e. The van der Waals surface area contributed by atoms with Crippen LogP contribution in [0.3, 0.4) is 0 Å². The first kappa shape index (κ1) is 24.3. The number of hydrogen-bond donors (Lipinski definition) is 2. The molecule has 0 spiro atoms. The molecule has 0 aliphatic heterocycles. The maximum atomic E-state index is 13.0. The predicted octanol–water partition coefficient (Wildman–Crippen LogP) is 3.30. The van der Waals surface area contributed by atoms with Gasteiger partial charge >= 0.3 is 0 Å². The molecule has 174 valence electrons. The van der Waals surface area contributed by atoms with Gasteiger partial charge in [-0.05, 0) is 60.9 Å². The van der Waals surface area contributed by atoms with Gasteiger partial charge in [-0.15, -0.1) is 0 Å². The lowest BCUT2D eigenvalue weighted by Crippen LogP contribution is -2.47. The normalized spacial score (nSPS) is 12.1. The minimum Gasteiger partial charge on any atom is -0.497 e. The van der Waals surface area contributed by atoms with Gasteiger partial charge in [0.25, 0.3) is 0 Å². The number of sulfonamides is 1. The van der Waals surface area contributed by atoms with E-state index < -0.39 is 22.0 Å². The third-order valence-corrected chi connectivity index (χ3v) is 6.45. The Kier molecular flexibility index (Phi) is 8.46. The van der Waals surface area contributed by atoms with Crippen molar-refractivity contribution in [1.29, 1.82) is 0 Å². The number of nitrogens with one attached hydrogen (secondary N) is 2. The van der Waals surface area contributed by atoms with Crippen molar-refractivity contribution in [1.82, 2.24) is 10.0 Å². The molecule has 2 N–H and O–H groups in total. The van der Waals surface area contributed by atoms with E-state index >= 15 is 0 Å². The highest BCUT2D eigenvalue weighted by Crippen LogP contribution is 2.17. The summed E-state index contributed by atoms with van der Waals surface area (Å²) < 4.78 is 39.1. The molecular weight excluding hydrogens is 440 g/mol.